The molecule has 0 atom stereocenters. The third kappa shape index (κ3) is 3.15. The molecular formula is C20H16BrN3O. The summed E-state index contributed by atoms with van der Waals surface area (Å²) in [6.45, 7) is 0.716. The van der Waals surface area contributed by atoms with Crippen molar-refractivity contribution in [1.82, 2.24) is 4.98 Å². The summed E-state index contributed by atoms with van der Waals surface area (Å²) in [5.41, 5.74) is 3.76. The lowest BCUT2D eigenvalue weighted by Crippen LogP contribution is -2.28. The Morgan fingerprint density at radius 2 is 1.88 bits per heavy atom. The summed E-state index contributed by atoms with van der Waals surface area (Å²) in [7, 11) is 0. The Morgan fingerprint density at radius 3 is 2.76 bits per heavy atom. The van der Waals surface area contributed by atoms with E-state index in [1.165, 1.54) is 5.56 Å². The quantitative estimate of drug-likeness (QED) is 0.695. The van der Waals surface area contributed by atoms with Crippen LogP contribution in [-0.4, -0.2) is 17.4 Å². The van der Waals surface area contributed by atoms with Gasteiger partial charge in [0.25, 0.3) is 5.91 Å². The number of fused-ring (bicyclic) bond motifs is 1. The van der Waals surface area contributed by atoms with Gasteiger partial charge in [-0.15, -0.1) is 0 Å². The number of aromatic nitrogens is 1. The Kier molecular flexibility index (Phi) is 4.24. The van der Waals surface area contributed by atoms with Gasteiger partial charge in [0.05, 0.1) is 5.69 Å². The van der Waals surface area contributed by atoms with Gasteiger partial charge < -0.3 is 10.2 Å². The second-order valence-corrected chi connectivity index (χ2v) is 6.72. The Balaban J connectivity index is 1.60. The van der Waals surface area contributed by atoms with Crippen molar-refractivity contribution in [2.45, 2.75) is 6.42 Å². The number of carbonyl (C=O) groups is 1. The molecule has 2 aromatic carbocycles. The number of rotatable bonds is 3. The number of hydrogen-bond donors (Lipinski definition) is 1. The molecule has 2 heterocycles. The summed E-state index contributed by atoms with van der Waals surface area (Å²) >= 11 is 3.51. The predicted octanol–water partition coefficient (Wildman–Crippen LogP) is 4.79. The zero-order valence-corrected chi connectivity index (χ0v) is 15.0. The number of hydrogen-bond acceptors (Lipinski definition) is 3. The molecule has 1 aliphatic rings. The second-order valence-electron chi connectivity index (χ2n) is 5.87. The highest BCUT2D eigenvalue weighted by Gasteiger charge is 2.25. The van der Waals surface area contributed by atoms with Gasteiger partial charge >= 0.3 is 0 Å². The molecule has 0 saturated carbocycles. The van der Waals surface area contributed by atoms with Crippen LogP contribution in [-0.2, 0) is 6.42 Å². The van der Waals surface area contributed by atoms with Crippen LogP contribution in [0.5, 0.6) is 0 Å². The van der Waals surface area contributed by atoms with Gasteiger partial charge in [-0.05, 0) is 58.2 Å². The monoisotopic (exact) mass is 393 g/mol. The van der Waals surface area contributed by atoms with E-state index in [-0.39, 0.29) is 5.91 Å². The number of nitrogens with zero attached hydrogens (tertiary/aromatic N) is 2. The first-order valence-electron chi connectivity index (χ1n) is 8.10. The molecule has 25 heavy (non-hydrogen) atoms. The summed E-state index contributed by atoms with van der Waals surface area (Å²) < 4.78 is 0.946. The van der Waals surface area contributed by atoms with Gasteiger partial charge in [0.2, 0.25) is 0 Å². The van der Waals surface area contributed by atoms with Crippen LogP contribution in [0.3, 0.4) is 0 Å². The van der Waals surface area contributed by atoms with E-state index in [9.17, 15) is 4.79 Å². The fraction of sp³-hybridized carbons (Fsp3) is 0.100. The van der Waals surface area contributed by atoms with E-state index < -0.39 is 0 Å². The van der Waals surface area contributed by atoms with Crippen LogP contribution in [0.1, 0.15) is 15.9 Å². The van der Waals surface area contributed by atoms with E-state index in [1.54, 1.807) is 18.3 Å². The number of anilines is 3. The maximum atomic E-state index is 12.9. The zero-order chi connectivity index (χ0) is 17.2. The summed E-state index contributed by atoms with van der Waals surface area (Å²) in [5.74, 6) is 0.646. The maximum absolute atomic E-state index is 12.9. The molecular weight excluding hydrogens is 378 g/mol. The number of benzene rings is 2. The van der Waals surface area contributed by atoms with Crippen molar-refractivity contribution < 1.29 is 4.79 Å². The molecule has 0 spiro atoms. The number of amides is 1. The third-order valence-electron chi connectivity index (χ3n) is 4.28. The molecule has 5 heteroatoms. The van der Waals surface area contributed by atoms with Crippen LogP contribution in [0.2, 0.25) is 0 Å². The average Bonchev–Trinajstić information content (AvgIpc) is 3.07. The van der Waals surface area contributed by atoms with E-state index in [2.05, 4.69) is 32.3 Å². The third-order valence-corrected chi connectivity index (χ3v) is 4.97. The minimum atomic E-state index is 0.00234. The Bertz CT molecular complexity index is 941. The summed E-state index contributed by atoms with van der Waals surface area (Å²) in [6, 6.07) is 19.4. The molecule has 124 valence electrons. The van der Waals surface area contributed by atoms with Crippen LogP contribution in [0.25, 0.3) is 0 Å². The molecule has 3 aromatic rings. The zero-order valence-electron chi connectivity index (χ0n) is 13.4. The smallest absolute Gasteiger partial charge is 0.258 e. The largest absolute Gasteiger partial charge is 0.339 e. The lowest BCUT2D eigenvalue weighted by atomic mass is 10.1. The average molecular weight is 394 g/mol. The van der Waals surface area contributed by atoms with E-state index in [1.807, 2.05) is 47.4 Å². The molecule has 0 radical (unpaired) electrons. The molecule has 4 rings (SSSR count). The van der Waals surface area contributed by atoms with Gasteiger partial charge in [0.1, 0.15) is 5.82 Å². The standard InChI is InChI=1S/C20H16BrN3O/c21-16-6-2-3-7-17(16)23-19-13-15(9-11-22-19)20(25)24-12-10-14-5-1-4-8-18(14)24/h1-9,11,13H,10,12H2,(H,22,23). The Morgan fingerprint density at radius 1 is 1.08 bits per heavy atom. The molecule has 0 bridgehead atoms. The van der Waals surface area contributed by atoms with Gasteiger partial charge in [-0.3, -0.25) is 4.79 Å². The molecule has 0 saturated heterocycles. The van der Waals surface area contributed by atoms with Crippen molar-refractivity contribution in [2.75, 3.05) is 16.8 Å². The first kappa shape index (κ1) is 15.8. The molecule has 1 aromatic heterocycles. The van der Waals surface area contributed by atoms with Gasteiger partial charge in [-0.25, -0.2) is 4.98 Å². The van der Waals surface area contributed by atoms with Crippen molar-refractivity contribution in [3.63, 3.8) is 0 Å². The van der Waals surface area contributed by atoms with E-state index in [4.69, 9.17) is 0 Å². The van der Waals surface area contributed by atoms with Crippen molar-refractivity contribution in [2.24, 2.45) is 0 Å². The fourth-order valence-electron chi connectivity index (χ4n) is 3.04. The lowest BCUT2D eigenvalue weighted by Gasteiger charge is -2.18. The summed E-state index contributed by atoms with van der Waals surface area (Å²) in [5, 5.41) is 3.25. The SMILES string of the molecule is O=C(c1ccnc(Nc2ccccc2Br)c1)N1CCc2ccccc21. The molecule has 0 unspecified atom stereocenters. The number of halogens is 1. The first-order chi connectivity index (χ1) is 12.2. The van der Waals surface area contributed by atoms with Crippen molar-refractivity contribution in [3.05, 3.63) is 82.5 Å². The van der Waals surface area contributed by atoms with Gasteiger partial charge in [0, 0.05) is 28.5 Å². The molecule has 0 fully saturated rings. The molecule has 4 nitrogen and oxygen atoms in total. The van der Waals surface area contributed by atoms with E-state index >= 15 is 0 Å². The summed E-state index contributed by atoms with van der Waals surface area (Å²) in [4.78, 5) is 19.1. The van der Waals surface area contributed by atoms with Gasteiger partial charge in [0.15, 0.2) is 0 Å². The van der Waals surface area contributed by atoms with Crippen molar-refractivity contribution in [3.8, 4) is 0 Å². The van der Waals surface area contributed by atoms with Crippen LogP contribution >= 0.6 is 15.9 Å². The van der Waals surface area contributed by atoms with E-state index in [0.29, 0.717) is 17.9 Å². The van der Waals surface area contributed by atoms with Crippen molar-refractivity contribution >= 4 is 39.0 Å². The van der Waals surface area contributed by atoms with Crippen LogP contribution in [0.15, 0.2) is 71.3 Å². The van der Waals surface area contributed by atoms with Crippen LogP contribution in [0.4, 0.5) is 17.2 Å². The highest BCUT2D eigenvalue weighted by atomic mass is 79.9. The minimum absolute atomic E-state index is 0.00234. The molecule has 1 N–H and O–H groups in total. The van der Waals surface area contributed by atoms with E-state index in [0.717, 1.165) is 22.3 Å². The highest BCUT2D eigenvalue weighted by Crippen LogP contribution is 2.29. The molecule has 0 aliphatic carbocycles. The highest BCUT2D eigenvalue weighted by molar-refractivity contribution is 9.10. The van der Waals surface area contributed by atoms with Gasteiger partial charge in [-0.2, -0.15) is 0 Å². The van der Waals surface area contributed by atoms with Crippen LogP contribution < -0.4 is 10.2 Å². The summed E-state index contributed by atoms with van der Waals surface area (Å²) in [6.07, 6.45) is 2.56. The Labute approximate surface area is 154 Å². The predicted molar refractivity (Wildman–Crippen MR) is 103 cm³/mol. The normalized spacial score (nSPS) is 12.8. The van der Waals surface area contributed by atoms with Gasteiger partial charge in [-0.1, -0.05) is 30.3 Å². The lowest BCUT2D eigenvalue weighted by molar-refractivity contribution is 0.0989. The fourth-order valence-corrected chi connectivity index (χ4v) is 3.42. The number of carbonyl (C=O) groups excluding carboxylic acids is 1. The second kappa shape index (κ2) is 6.69. The molecule has 1 aliphatic heterocycles. The number of para-hydroxylation sites is 2. The topological polar surface area (TPSA) is 45.2 Å². The Hall–Kier alpha value is -2.66. The molecule has 1 amide bonds. The number of nitrogens with one attached hydrogen (secondary N) is 1. The maximum Gasteiger partial charge on any atom is 0.258 e. The van der Waals surface area contributed by atoms with Crippen LogP contribution in [0, 0.1) is 0 Å². The number of pyridine rings is 1. The first-order valence-corrected chi connectivity index (χ1v) is 8.89. The minimum Gasteiger partial charge on any atom is -0.339 e. The van der Waals surface area contributed by atoms with Crippen molar-refractivity contribution in [1.29, 1.82) is 0 Å².